The SMILES string of the molecule is COCOCC(C)CSc1ccccc1OC. The summed E-state index contributed by atoms with van der Waals surface area (Å²) in [5.74, 6) is 2.42. The first-order valence-electron chi connectivity index (χ1n) is 5.60. The molecule has 3 nitrogen and oxygen atoms in total. The fraction of sp³-hybridized carbons (Fsp3) is 0.538. The van der Waals surface area contributed by atoms with Crippen LogP contribution in [0.15, 0.2) is 29.2 Å². The van der Waals surface area contributed by atoms with E-state index in [1.165, 1.54) is 4.90 Å². The van der Waals surface area contributed by atoms with Crippen LogP contribution in [-0.2, 0) is 9.47 Å². The van der Waals surface area contributed by atoms with E-state index in [-0.39, 0.29) is 0 Å². The van der Waals surface area contributed by atoms with Gasteiger partial charge in [0, 0.05) is 17.8 Å². The molecule has 0 radical (unpaired) electrons. The lowest BCUT2D eigenvalue weighted by Crippen LogP contribution is -2.09. The number of thioether (sulfide) groups is 1. The number of ether oxygens (including phenoxy) is 3. The van der Waals surface area contributed by atoms with Crippen molar-refractivity contribution in [1.82, 2.24) is 0 Å². The quantitative estimate of drug-likeness (QED) is 0.406. The maximum absolute atomic E-state index is 5.32. The Bertz CT molecular complexity index is 317. The third-order valence-electron chi connectivity index (χ3n) is 2.20. The van der Waals surface area contributed by atoms with Gasteiger partial charge >= 0.3 is 0 Å². The second kappa shape index (κ2) is 8.39. The molecule has 0 spiro atoms. The molecule has 0 bridgehead atoms. The van der Waals surface area contributed by atoms with Crippen LogP contribution in [0.2, 0.25) is 0 Å². The molecular weight excluding hydrogens is 236 g/mol. The van der Waals surface area contributed by atoms with E-state index in [2.05, 4.69) is 13.0 Å². The molecule has 0 aliphatic heterocycles. The fourth-order valence-corrected chi connectivity index (χ4v) is 2.38. The summed E-state index contributed by atoms with van der Waals surface area (Å²) in [6, 6.07) is 8.06. The Morgan fingerprint density at radius 3 is 2.71 bits per heavy atom. The summed E-state index contributed by atoms with van der Waals surface area (Å²) in [4.78, 5) is 1.17. The maximum Gasteiger partial charge on any atom is 0.146 e. The molecular formula is C13H20O3S. The minimum absolute atomic E-state index is 0.365. The Balaban J connectivity index is 2.33. The second-order valence-corrected chi connectivity index (χ2v) is 4.91. The van der Waals surface area contributed by atoms with Crippen LogP contribution in [0.25, 0.3) is 0 Å². The first-order chi connectivity index (χ1) is 8.27. The Hall–Kier alpha value is -0.710. The van der Waals surface area contributed by atoms with Gasteiger partial charge in [-0.2, -0.15) is 0 Å². The van der Waals surface area contributed by atoms with Gasteiger partial charge in [0.05, 0.1) is 13.7 Å². The highest BCUT2D eigenvalue weighted by atomic mass is 32.2. The molecule has 1 unspecified atom stereocenters. The lowest BCUT2D eigenvalue weighted by Gasteiger charge is -2.12. The molecule has 1 aromatic rings. The average Bonchev–Trinajstić information content (AvgIpc) is 2.37. The van der Waals surface area contributed by atoms with Crippen molar-refractivity contribution in [1.29, 1.82) is 0 Å². The molecule has 17 heavy (non-hydrogen) atoms. The largest absolute Gasteiger partial charge is 0.496 e. The molecule has 0 amide bonds. The first-order valence-corrected chi connectivity index (χ1v) is 6.59. The topological polar surface area (TPSA) is 27.7 Å². The smallest absolute Gasteiger partial charge is 0.146 e. The Labute approximate surface area is 107 Å². The predicted octanol–water partition coefficient (Wildman–Crippen LogP) is 3.04. The fourth-order valence-electron chi connectivity index (χ4n) is 1.35. The van der Waals surface area contributed by atoms with Gasteiger partial charge in [-0.25, -0.2) is 0 Å². The number of para-hydroxylation sites is 1. The van der Waals surface area contributed by atoms with Crippen molar-refractivity contribution in [3.8, 4) is 5.75 Å². The van der Waals surface area contributed by atoms with Crippen molar-refractivity contribution in [3.05, 3.63) is 24.3 Å². The molecule has 1 rings (SSSR count). The Morgan fingerprint density at radius 2 is 2.00 bits per heavy atom. The van der Waals surface area contributed by atoms with E-state index in [0.29, 0.717) is 12.7 Å². The molecule has 0 saturated heterocycles. The van der Waals surface area contributed by atoms with Crippen LogP contribution >= 0.6 is 11.8 Å². The van der Waals surface area contributed by atoms with E-state index in [4.69, 9.17) is 14.2 Å². The van der Waals surface area contributed by atoms with E-state index in [1.807, 2.05) is 18.2 Å². The molecule has 0 aliphatic carbocycles. The van der Waals surface area contributed by atoms with E-state index < -0.39 is 0 Å². The third kappa shape index (κ3) is 5.44. The Morgan fingerprint density at radius 1 is 1.24 bits per heavy atom. The van der Waals surface area contributed by atoms with Crippen molar-refractivity contribution in [3.63, 3.8) is 0 Å². The lowest BCUT2D eigenvalue weighted by atomic mass is 10.2. The minimum Gasteiger partial charge on any atom is -0.496 e. The zero-order valence-corrected chi connectivity index (χ0v) is 11.5. The highest BCUT2D eigenvalue weighted by Crippen LogP contribution is 2.29. The van der Waals surface area contributed by atoms with Crippen molar-refractivity contribution < 1.29 is 14.2 Å². The van der Waals surface area contributed by atoms with Crippen molar-refractivity contribution in [2.45, 2.75) is 11.8 Å². The van der Waals surface area contributed by atoms with Crippen LogP contribution in [0.5, 0.6) is 5.75 Å². The van der Waals surface area contributed by atoms with Crippen LogP contribution in [0, 0.1) is 5.92 Å². The molecule has 4 heteroatoms. The Kier molecular flexibility index (Phi) is 7.08. The molecule has 0 saturated carbocycles. The van der Waals surface area contributed by atoms with Crippen molar-refractivity contribution in [2.75, 3.05) is 33.4 Å². The van der Waals surface area contributed by atoms with Gasteiger partial charge in [-0.1, -0.05) is 19.1 Å². The van der Waals surface area contributed by atoms with Crippen molar-refractivity contribution in [2.24, 2.45) is 5.92 Å². The molecule has 0 aromatic heterocycles. The van der Waals surface area contributed by atoms with Gasteiger partial charge in [-0.05, 0) is 18.1 Å². The molecule has 0 N–H and O–H groups in total. The van der Waals surface area contributed by atoms with E-state index in [9.17, 15) is 0 Å². The zero-order chi connectivity index (χ0) is 12.5. The molecule has 1 aromatic carbocycles. The predicted molar refractivity (Wildman–Crippen MR) is 70.7 cm³/mol. The molecule has 0 heterocycles. The number of methoxy groups -OCH3 is 2. The molecule has 0 aliphatic rings. The van der Waals surface area contributed by atoms with Gasteiger partial charge in [-0.15, -0.1) is 11.8 Å². The van der Waals surface area contributed by atoms with Crippen LogP contribution in [-0.4, -0.2) is 33.4 Å². The summed E-state index contributed by atoms with van der Waals surface area (Å²) < 4.78 is 15.5. The third-order valence-corrected chi connectivity index (χ3v) is 3.58. The molecule has 1 atom stereocenters. The average molecular weight is 256 g/mol. The first kappa shape index (κ1) is 14.4. The summed E-state index contributed by atoms with van der Waals surface area (Å²) in [6.07, 6.45) is 0. The zero-order valence-electron chi connectivity index (χ0n) is 10.6. The van der Waals surface area contributed by atoms with Crippen LogP contribution < -0.4 is 4.74 Å². The molecule has 96 valence electrons. The number of hydrogen-bond acceptors (Lipinski definition) is 4. The summed E-state index contributed by atoms with van der Waals surface area (Å²) in [5, 5.41) is 0. The van der Waals surface area contributed by atoms with Crippen LogP contribution in [0.4, 0.5) is 0 Å². The van der Waals surface area contributed by atoms with E-state index in [0.717, 1.165) is 18.1 Å². The lowest BCUT2D eigenvalue weighted by molar-refractivity contribution is -0.0392. The highest BCUT2D eigenvalue weighted by molar-refractivity contribution is 7.99. The number of rotatable bonds is 8. The second-order valence-electron chi connectivity index (χ2n) is 3.84. The monoisotopic (exact) mass is 256 g/mol. The van der Waals surface area contributed by atoms with Gasteiger partial charge in [0.25, 0.3) is 0 Å². The van der Waals surface area contributed by atoms with Gasteiger partial charge < -0.3 is 14.2 Å². The summed E-state index contributed by atoms with van der Waals surface area (Å²) in [7, 11) is 3.33. The van der Waals surface area contributed by atoms with Crippen LogP contribution in [0.1, 0.15) is 6.92 Å². The van der Waals surface area contributed by atoms with Gasteiger partial charge in [0.15, 0.2) is 0 Å². The minimum atomic E-state index is 0.365. The van der Waals surface area contributed by atoms with Crippen LogP contribution in [0.3, 0.4) is 0 Å². The number of benzene rings is 1. The summed E-state index contributed by atoms with van der Waals surface area (Å²) in [6.45, 7) is 3.25. The van der Waals surface area contributed by atoms with Gasteiger partial charge in [0.2, 0.25) is 0 Å². The normalized spacial score (nSPS) is 12.4. The number of hydrogen-bond donors (Lipinski definition) is 0. The van der Waals surface area contributed by atoms with Gasteiger partial charge in [0.1, 0.15) is 12.5 Å². The standard InChI is InChI=1S/C13H20O3S/c1-11(8-16-10-14-2)9-17-13-7-5-4-6-12(13)15-3/h4-7,11H,8-10H2,1-3H3. The van der Waals surface area contributed by atoms with E-state index in [1.54, 1.807) is 26.0 Å². The van der Waals surface area contributed by atoms with Crippen molar-refractivity contribution >= 4 is 11.8 Å². The molecule has 0 fully saturated rings. The summed E-state index contributed by atoms with van der Waals surface area (Å²) >= 11 is 1.79. The highest BCUT2D eigenvalue weighted by Gasteiger charge is 2.06. The van der Waals surface area contributed by atoms with Gasteiger partial charge in [-0.3, -0.25) is 0 Å². The maximum atomic E-state index is 5.32. The van der Waals surface area contributed by atoms with E-state index >= 15 is 0 Å². The summed E-state index contributed by atoms with van der Waals surface area (Å²) in [5.41, 5.74) is 0.